The van der Waals surface area contributed by atoms with Gasteiger partial charge in [-0.25, -0.2) is 0 Å². The third-order valence-corrected chi connectivity index (χ3v) is 9.13. The summed E-state index contributed by atoms with van der Waals surface area (Å²) in [5.74, 6) is -6.71. The molecule has 0 aliphatic carbocycles. The summed E-state index contributed by atoms with van der Waals surface area (Å²) in [4.78, 5) is 118. The third-order valence-electron chi connectivity index (χ3n) is 9.13. The second-order valence-corrected chi connectivity index (χ2v) is 14.4. The van der Waals surface area contributed by atoms with Gasteiger partial charge >= 0.3 is 0 Å². The van der Waals surface area contributed by atoms with Crippen molar-refractivity contribution in [1.29, 1.82) is 0 Å². The van der Waals surface area contributed by atoms with Gasteiger partial charge in [0.05, 0.1) is 31.7 Å². The van der Waals surface area contributed by atoms with Gasteiger partial charge in [-0.1, -0.05) is 27.7 Å². The van der Waals surface area contributed by atoms with Gasteiger partial charge < -0.3 is 58.1 Å². The maximum Gasteiger partial charge on any atom is 0.246 e. The number of aliphatic hydroxyl groups excluding tert-OH is 2. The topological polar surface area (TPSA) is 313 Å². The Kier molecular flexibility index (Phi) is 17.9. The van der Waals surface area contributed by atoms with Crippen LogP contribution in [0.5, 0.6) is 0 Å². The minimum absolute atomic E-state index is 0.166. The van der Waals surface area contributed by atoms with E-state index >= 15 is 0 Å². The Bertz CT molecular complexity index is 1390. The molecule has 20 heteroatoms. The second-order valence-electron chi connectivity index (χ2n) is 14.4. The Labute approximate surface area is 314 Å². The lowest BCUT2D eigenvalue weighted by Crippen LogP contribution is -2.61. The largest absolute Gasteiger partial charge is 0.394 e. The highest BCUT2D eigenvalue weighted by Gasteiger charge is 2.44. The van der Waals surface area contributed by atoms with Gasteiger partial charge in [0.25, 0.3) is 0 Å². The van der Waals surface area contributed by atoms with Crippen LogP contribution in [0.3, 0.4) is 0 Å². The molecule has 0 saturated carbocycles. The van der Waals surface area contributed by atoms with Crippen molar-refractivity contribution in [3.05, 3.63) is 0 Å². The van der Waals surface area contributed by atoms with Crippen LogP contribution in [0.15, 0.2) is 0 Å². The molecule has 11 N–H and O–H groups in total. The highest BCUT2D eigenvalue weighted by atomic mass is 16.3. The van der Waals surface area contributed by atoms with E-state index in [9.17, 15) is 48.3 Å². The van der Waals surface area contributed by atoms with Crippen LogP contribution in [0.4, 0.5) is 0 Å². The number of nitrogens with zero attached hydrogens (tertiary/aromatic N) is 2. The highest BCUT2D eigenvalue weighted by Crippen LogP contribution is 2.26. The number of amides is 8. The Morgan fingerprint density at radius 2 is 1.43 bits per heavy atom. The summed E-state index contributed by atoms with van der Waals surface area (Å²) in [7, 11) is 0. The maximum absolute atomic E-state index is 13.7. The monoisotopic (exact) mass is 766 g/mol. The average Bonchev–Trinajstić information content (AvgIpc) is 3.80. The number of carbonyl (C=O) groups excluding carboxylic acids is 9. The molecule has 1 radical (unpaired) electrons. The van der Waals surface area contributed by atoms with Gasteiger partial charge in [0.1, 0.15) is 36.3 Å². The van der Waals surface area contributed by atoms with Crippen LogP contribution in [0.1, 0.15) is 73.1 Å². The summed E-state index contributed by atoms with van der Waals surface area (Å²) in [6, 6.07) is -8.54. The molecule has 0 aromatic carbocycles. The molecule has 2 aliphatic rings. The van der Waals surface area contributed by atoms with Gasteiger partial charge in [-0.05, 0) is 50.9 Å². The van der Waals surface area contributed by atoms with E-state index in [-0.39, 0.29) is 24.8 Å². The molecule has 2 heterocycles. The molecular formula is C34H56N9O11. The third kappa shape index (κ3) is 13.0. The standard InChI is InChI=1S/C34H56N9O11/c1-17(2)12-21(35)33(53)43-11-7-9-24(43)34(54)42-10-6-8-23(42)30(50)41-28(19(5)46)32(52)39-22(13-25(36)47)29(49)40-27(18(3)4)31(51)37-14-26(48)38-20(15-44)16-45/h17-24,27-28,44,46H,6-15,35H2,1-5H3,(H2,36,47)(H,37,51)(H,38,48)(H,39,52)(H,40,49)(H,41,50)/t19-,20+,21+,22+,23+,24+,27+,28+/m1/s1. The number of carbonyl (C=O) groups is 8. The molecular weight excluding hydrogens is 710 g/mol. The van der Waals surface area contributed by atoms with Gasteiger partial charge in [-0.3, -0.25) is 43.2 Å². The van der Waals surface area contributed by atoms with Crippen LogP contribution in [-0.4, -0.2) is 148 Å². The van der Waals surface area contributed by atoms with Crippen molar-refractivity contribution in [2.24, 2.45) is 23.3 Å². The summed E-state index contributed by atoms with van der Waals surface area (Å²) in [6.07, 6.45) is 1.26. The van der Waals surface area contributed by atoms with E-state index < -0.39 is 115 Å². The van der Waals surface area contributed by atoms with E-state index in [1.54, 1.807) is 13.8 Å². The molecule has 2 aliphatic heterocycles. The Balaban J connectivity index is 2.15. The number of nitrogens with two attached hydrogens (primary N) is 2. The first kappa shape index (κ1) is 45.5. The number of primary amides is 1. The summed E-state index contributed by atoms with van der Waals surface area (Å²) in [5.41, 5.74) is 11.5. The Morgan fingerprint density at radius 3 is 1.96 bits per heavy atom. The zero-order valence-corrected chi connectivity index (χ0v) is 31.5. The molecule has 2 rings (SSSR count). The number of hydrogen-bond donors (Lipinski definition) is 9. The molecule has 0 bridgehead atoms. The minimum Gasteiger partial charge on any atom is -0.394 e. The fourth-order valence-electron chi connectivity index (χ4n) is 6.35. The van der Waals surface area contributed by atoms with Crippen molar-refractivity contribution in [1.82, 2.24) is 36.4 Å². The Morgan fingerprint density at radius 1 is 0.815 bits per heavy atom. The highest BCUT2D eigenvalue weighted by molar-refractivity contribution is 5.98. The Hall–Kier alpha value is -4.69. The first-order valence-corrected chi connectivity index (χ1v) is 18.1. The van der Waals surface area contributed by atoms with Crippen LogP contribution in [-0.2, 0) is 43.2 Å². The van der Waals surface area contributed by atoms with Crippen molar-refractivity contribution < 1.29 is 53.4 Å². The average molecular weight is 767 g/mol. The lowest BCUT2D eigenvalue weighted by atomic mass is 10.0. The number of rotatable bonds is 20. The summed E-state index contributed by atoms with van der Waals surface area (Å²) >= 11 is 0. The van der Waals surface area contributed by atoms with Crippen molar-refractivity contribution in [2.45, 2.75) is 122 Å². The number of likely N-dealkylation sites (tertiary alicyclic amines) is 2. The van der Waals surface area contributed by atoms with Crippen LogP contribution in [0.25, 0.3) is 0 Å². The van der Waals surface area contributed by atoms with Crippen molar-refractivity contribution in [3.8, 4) is 0 Å². The fourth-order valence-corrected chi connectivity index (χ4v) is 6.35. The molecule has 0 unspecified atom stereocenters. The predicted molar refractivity (Wildman–Crippen MR) is 191 cm³/mol. The lowest BCUT2D eigenvalue weighted by Gasteiger charge is -2.33. The second kappa shape index (κ2) is 21.3. The molecule has 54 heavy (non-hydrogen) atoms. The van der Waals surface area contributed by atoms with E-state index in [0.717, 1.165) is 0 Å². The van der Waals surface area contributed by atoms with E-state index in [2.05, 4.69) is 26.6 Å². The lowest BCUT2D eigenvalue weighted by molar-refractivity contribution is -0.147. The molecule has 20 nitrogen and oxygen atoms in total. The van der Waals surface area contributed by atoms with Crippen LogP contribution < -0.4 is 38.1 Å². The smallest absolute Gasteiger partial charge is 0.246 e. The molecule has 303 valence electrons. The van der Waals surface area contributed by atoms with Crippen LogP contribution in [0, 0.1) is 11.8 Å². The summed E-state index contributed by atoms with van der Waals surface area (Å²) in [5, 5.41) is 31.1. The molecule has 2 fully saturated rings. The molecule has 2 saturated heterocycles. The van der Waals surface area contributed by atoms with E-state index in [0.29, 0.717) is 32.2 Å². The quantitative estimate of drug-likeness (QED) is 0.0566. The first-order valence-electron chi connectivity index (χ1n) is 18.1. The fraction of sp³-hybridized carbons (Fsp3) is 0.735. The number of hydrogen-bond acceptors (Lipinski definition) is 12. The van der Waals surface area contributed by atoms with Crippen molar-refractivity contribution in [2.75, 3.05) is 26.2 Å². The molecule has 8 amide bonds. The van der Waals surface area contributed by atoms with Crippen LogP contribution >= 0.6 is 0 Å². The first-order chi connectivity index (χ1) is 25.3. The zero-order chi connectivity index (χ0) is 40.9. The normalized spacial score (nSPS) is 20.3. The zero-order valence-electron chi connectivity index (χ0n) is 31.5. The van der Waals surface area contributed by atoms with E-state index in [1.165, 1.54) is 23.0 Å². The van der Waals surface area contributed by atoms with Crippen molar-refractivity contribution >= 4 is 53.5 Å². The summed E-state index contributed by atoms with van der Waals surface area (Å²) in [6.45, 7) is 7.44. The number of nitrogens with one attached hydrogen (secondary N) is 5. The van der Waals surface area contributed by atoms with Gasteiger partial charge in [0, 0.05) is 13.1 Å². The molecule has 0 aromatic heterocycles. The number of aliphatic hydroxyl groups is 2. The van der Waals surface area contributed by atoms with E-state index in [1.807, 2.05) is 13.8 Å². The molecule has 0 aromatic rings. The summed E-state index contributed by atoms with van der Waals surface area (Å²) < 4.78 is 0. The van der Waals surface area contributed by atoms with Gasteiger partial charge in [-0.2, -0.15) is 0 Å². The minimum atomic E-state index is -1.67. The van der Waals surface area contributed by atoms with Gasteiger partial charge in [-0.15, -0.1) is 0 Å². The maximum atomic E-state index is 13.7. The SMILES string of the molecule is CC(C)C[C@H](N)C(=O)N1CCC[C@H]1C(=O)N1CCC[C@H]1C(=O)N[C@H](C(=O)N[C@@H](CC(N)=O)C(=O)N[C@H](C(=O)NCC(=O)N[C@H]([C]=O)CO)C(C)C)[C@@H](C)O. The molecule has 8 atom stereocenters. The predicted octanol–water partition coefficient (Wildman–Crippen LogP) is -4.59. The van der Waals surface area contributed by atoms with Gasteiger partial charge in [0.2, 0.25) is 53.5 Å². The van der Waals surface area contributed by atoms with Gasteiger partial charge in [0.15, 0.2) is 0 Å². The van der Waals surface area contributed by atoms with Crippen LogP contribution in [0.2, 0.25) is 0 Å². The van der Waals surface area contributed by atoms with Crippen molar-refractivity contribution in [3.63, 3.8) is 0 Å². The molecule has 0 spiro atoms. The van der Waals surface area contributed by atoms with E-state index in [4.69, 9.17) is 16.6 Å².